The Morgan fingerprint density at radius 3 is 2.87 bits per heavy atom. The van der Waals surface area contributed by atoms with E-state index in [-0.39, 0.29) is 0 Å². The summed E-state index contributed by atoms with van der Waals surface area (Å²) in [6, 6.07) is 7.00. The van der Waals surface area contributed by atoms with E-state index in [9.17, 15) is 5.11 Å². The number of fused-ring (bicyclic) bond motifs is 1. The second kappa shape index (κ2) is 6.14. The van der Waals surface area contributed by atoms with Gasteiger partial charge in [-0.05, 0) is 61.9 Å². The zero-order valence-electron chi connectivity index (χ0n) is 13.6. The Bertz CT molecular complexity index is 710. The summed E-state index contributed by atoms with van der Waals surface area (Å²) in [6.45, 7) is 1.04. The molecule has 3 nitrogen and oxygen atoms in total. The number of H-pyrrole nitrogens is 1. The molecule has 2 heterocycles. The number of aromatic amines is 1. The fourth-order valence-electron chi connectivity index (χ4n) is 4.10. The molecule has 0 bridgehead atoms. The van der Waals surface area contributed by atoms with E-state index >= 15 is 0 Å². The minimum Gasteiger partial charge on any atom is -0.390 e. The highest BCUT2D eigenvalue weighted by atomic mass is 16.3. The molecule has 1 aromatic heterocycles. The molecule has 2 aliphatic rings. The molecule has 0 saturated heterocycles. The summed E-state index contributed by atoms with van der Waals surface area (Å²) in [5.74, 6) is 0. The lowest BCUT2D eigenvalue weighted by atomic mass is 9.92. The first kappa shape index (κ1) is 15.0. The lowest BCUT2D eigenvalue weighted by Crippen LogP contribution is -2.24. The van der Waals surface area contributed by atoms with E-state index in [4.69, 9.17) is 0 Å². The first-order valence-electron chi connectivity index (χ1n) is 8.96. The Balaban J connectivity index is 1.56. The number of aryl methyl sites for hydroxylation is 1. The molecular formula is C20H26N2O. The van der Waals surface area contributed by atoms with Crippen molar-refractivity contribution >= 4 is 10.9 Å². The molecule has 122 valence electrons. The zero-order valence-corrected chi connectivity index (χ0v) is 13.6. The highest BCUT2D eigenvalue weighted by molar-refractivity contribution is 5.84. The third-order valence-corrected chi connectivity index (χ3v) is 5.53. The van der Waals surface area contributed by atoms with Crippen molar-refractivity contribution in [1.29, 1.82) is 0 Å². The van der Waals surface area contributed by atoms with E-state index in [0.717, 1.165) is 38.6 Å². The van der Waals surface area contributed by atoms with Crippen LogP contribution in [-0.4, -0.2) is 22.2 Å². The van der Waals surface area contributed by atoms with Crippen LogP contribution in [0.15, 0.2) is 36.5 Å². The molecule has 1 aromatic carbocycles. The van der Waals surface area contributed by atoms with Crippen molar-refractivity contribution in [3.63, 3.8) is 0 Å². The monoisotopic (exact) mass is 310 g/mol. The van der Waals surface area contributed by atoms with E-state index in [0.29, 0.717) is 6.04 Å². The van der Waals surface area contributed by atoms with Crippen LogP contribution in [0.1, 0.15) is 55.7 Å². The van der Waals surface area contributed by atoms with Crippen LogP contribution in [0.2, 0.25) is 0 Å². The van der Waals surface area contributed by atoms with E-state index in [1.54, 1.807) is 0 Å². The topological polar surface area (TPSA) is 48.0 Å². The molecule has 3 N–H and O–H groups in total. The Morgan fingerprint density at radius 1 is 1.22 bits per heavy atom. The van der Waals surface area contributed by atoms with Gasteiger partial charge in [0.05, 0.1) is 11.6 Å². The predicted molar refractivity (Wildman–Crippen MR) is 94.5 cm³/mol. The maximum absolute atomic E-state index is 10.6. The van der Waals surface area contributed by atoms with Crippen LogP contribution in [-0.2, 0) is 6.42 Å². The van der Waals surface area contributed by atoms with Gasteiger partial charge < -0.3 is 15.4 Å². The number of rotatable bonds is 4. The second-order valence-electron chi connectivity index (χ2n) is 7.20. The molecule has 1 aliphatic heterocycles. The molecule has 2 aromatic rings. The van der Waals surface area contributed by atoms with Crippen molar-refractivity contribution in [3.8, 4) is 0 Å². The summed E-state index contributed by atoms with van der Waals surface area (Å²) in [6.07, 6.45) is 13.9. The van der Waals surface area contributed by atoms with Gasteiger partial charge in [0.25, 0.3) is 0 Å². The summed E-state index contributed by atoms with van der Waals surface area (Å²) in [5, 5.41) is 15.4. The van der Waals surface area contributed by atoms with E-state index < -0.39 is 5.60 Å². The highest BCUT2D eigenvalue weighted by Gasteiger charge is 2.30. The minimum absolute atomic E-state index is 0.312. The Hall–Kier alpha value is -1.58. The number of hydrogen-bond acceptors (Lipinski definition) is 2. The molecule has 3 heteroatoms. The number of aliphatic hydroxyl groups is 1. The molecule has 4 rings (SSSR count). The third-order valence-electron chi connectivity index (χ3n) is 5.53. The number of aromatic nitrogens is 1. The lowest BCUT2D eigenvalue weighted by Gasteiger charge is -2.22. The summed E-state index contributed by atoms with van der Waals surface area (Å²) in [4.78, 5) is 3.39. The van der Waals surface area contributed by atoms with Gasteiger partial charge in [0.1, 0.15) is 0 Å². The Morgan fingerprint density at radius 2 is 2.09 bits per heavy atom. The van der Waals surface area contributed by atoms with Gasteiger partial charge in [-0.2, -0.15) is 0 Å². The predicted octanol–water partition coefficient (Wildman–Crippen LogP) is 4.00. The van der Waals surface area contributed by atoms with Gasteiger partial charge in [-0.15, -0.1) is 0 Å². The zero-order chi connectivity index (χ0) is 15.7. The molecule has 1 saturated carbocycles. The fourth-order valence-corrected chi connectivity index (χ4v) is 4.10. The molecule has 1 fully saturated rings. The lowest BCUT2D eigenvalue weighted by molar-refractivity contribution is 0.0391. The van der Waals surface area contributed by atoms with Crippen molar-refractivity contribution < 1.29 is 5.11 Å². The average molecular weight is 310 g/mol. The van der Waals surface area contributed by atoms with Crippen molar-refractivity contribution in [2.45, 2.75) is 56.6 Å². The van der Waals surface area contributed by atoms with Gasteiger partial charge in [0, 0.05) is 17.1 Å². The normalized spacial score (nSPS) is 23.6. The Labute approximate surface area is 137 Å². The van der Waals surface area contributed by atoms with Crippen LogP contribution in [0.4, 0.5) is 0 Å². The first-order chi connectivity index (χ1) is 11.2. The van der Waals surface area contributed by atoms with Crippen LogP contribution in [0.25, 0.3) is 10.9 Å². The van der Waals surface area contributed by atoms with Gasteiger partial charge in [-0.25, -0.2) is 0 Å². The van der Waals surface area contributed by atoms with Gasteiger partial charge in [-0.1, -0.05) is 31.1 Å². The molecule has 0 spiro atoms. The molecule has 0 amide bonds. The molecule has 0 radical (unpaired) electrons. The molecular weight excluding hydrogens is 284 g/mol. The fraction of sp³-hybridized carbons (Fsp3) is 0.500. The molecule has 1 atom stereocenters. The maximum atomic E-state index is 10.6. The van der Waals surface area contributed by atoms with Crippen molar-refractivity contribution in [3.05, 3.63) is 47.7 Å². The molecule has 1 aliphatic carbocycles. The summed E-state index contributed by atoms with van der Waals surface area (Å²) in [7, 11) is 0. The quantitative estimate of drug-likeness (QED) is 0.748. The Kier molecular flexibility index (Phi) is 4.00. The molecule has 23 heavy (non-hydrogen) atoms. The number of nitrogens with one attached hydrogen (secondary N) is 2. The summed E-state index contributed by atoms with van der Waals surface area (Å²) < 4.78 is 0. The van der Waals surface area contributed by atoms with Gasteiger partial charge in [0.15, 0.2) is 0 Å². The van der Waals surface area contributed by atoms with Crippen molar-refractivity contribution in [2.24, 2.45) is 0 Å². The summed E-state index contributed by atoms with van der Waals surface area (Å²) >= 11 is 0. The van der Waals surface area contributed by atoms with Gasteiger partial charge >= 0.3 is 0 Å². The smallest absolute Gasteiger partial charge is 0.0651 e. The van der Waals surface area contributed by atoms with Crippen LogP contribution in [0, 0.1) is 0 Å². The largest absolute Gasteiger partial charge is 0.390 e. The minimum atomic E-state index is -0.413. The van der Waals surface area contributed by atoms with Crippen molar-refractivity contribution in [2.75, 3.05) is 6.54 Å². The van der Waals surface area contributed by atoms with E-state index in [2.05, 4.69) is 46.8 Å². The van der Waals surface area contributed by atoms with Crippen LogP contribution >= 0.6 is 0 Å². The van der Waals surface area contributed by atoms with Crippen LogP contribution in [0.5, 0.6) is 0 Å². The number of benzene rings is 1. The average Bonchev–Trinajstić information content (AvgIpc) is 3.20. The second-order valence-corrected chi connectivity index (χ2v) is 7.20. The third kappa shape index (κ3) is 3.08. The number of hydrogen-bond donors (Lipinski definition) is 3. The highest BCUT2D eigenvalue weighted by Crippen LogP contribution is 2.34. The summed E-state index contributed by atoms with van der Waals surface area (Å²) in [5.41, 5.74) is 3.45. The van der Waals surface area contributed by atoms with E-state index in [1.807, 2.05) is 0 Å². The standard InChI is InChI=1S/C20H26N2O/c23-20(9-2-3-10-20)11-8-15-6-7-19-16(13-15)17(14-22-19)18-5-1-4-12-21-18/h1,5-7,13-14,18,21-23H,2-4,8-12H2. The van der Waals surface area contributed by atoms with Crippen LogP contribution in [0.3, 0.4) is 0 Å². The van der Waals surface area contributed by atoms with Gasteiger partial charge in [-0.3, -0.25) is 0 Å². The first-order valence-corrected chi connectivity index (χ1v) is 8.96. The molecule has 1 unspecified atom stereocenters. The van der Waals surface area contributed by atoms with Gasteiger partial charge in [0.2, 0.25) is 0 Å². The van der Waals surface area contributed by atoms with E-state index in [1.165, 1.54) is 34.9 Å². The SMILES string of the molecule is OC1(CCc2ccc3[nH]cc(C4C=CCCN4)c3c2)CCCC1. The van der Waals surface area contributed by atoms with Crippen molar-refractivity contribution in [1.82, 2.24) is 10.3 Å². The van der Waals surface area contributed by atoms with Crippen LogP contribution < -0.4 is 5.32 Å². The maximum Gasteiger partial charge on any atom is 0.0651 e.